The molecule has 1 aromatic heterocycles. The number of phenols is 3. The van der Waals surface area contributed by atoms with Crippen LogP contribution in [-0.4, -0.2) is 214 Å². The van der Waals surface area contributed by atoms with E-state index in [2.05, 4.69) is 63.7 Å². The van der Waals surface area contributed by atoms with E-state index < -0.39 is 249 Å². The summed E-state index contributed by atoms with van der Waals surface area (Å²) in [6, 6.07) is 7.96. The number of nitrogens with one attached hydrogen (secondary N) is 11. The van der Waals surface area contributed by atoms with Crippen LogP contribution in [0.3, 0.4) is 0 Å². The number of aromatic nitrogens is 2. The summed E-state index contributed by atoms with van der Waals surface area (Å²) in [5.74, 6) is -15.8. The number of hydrazine groups is 1. The number of aliphatic hydroxyl groups is 6. The number of hydrogen-bond donors (Lipinski definition) is 21. The van der Waals surface area contributed by atoms with E-state index in [9.17, 15) is 69.9 Å². The number of rotatable bonds is 22. The predicted octanol–water partition coefficient (Wildman–Crippen LogP) is 1.86. The number of benzene rings is 6. The first kappa shape index (κ1) is 92.5. The lowest BCUT2D eigenvalue weighted by Crippen LogP contribution is -2.65. The second kappa shape index (κ2) is 39.7. The summed E-state index contributed by atoms with van der Waals surface area (Å²) >= 11 is 20.4. The predicted molar refractivity (Wildman–Crippen MR) is 445 cm³/mol. The molecule has 125 heavy (non-hydrogen) atoms. The number of nitrogens with zero attached hydrogens (tertiary/aromatic N) is 2. The molecule has 6 aromatic carbocycles. The number of fused-ring (bicyclic) bond motifs is 15. The maximum Gasteiger partial charge on any atom is 0.349 e. The molecule has 0 radical (unpaired) electrons. The minimum absolute atomic E-state index is 0.0314. The Labute approximate surface area is 727 Å². The average molecular weight is 1790 g/mol. The molecule has 39 nitrogen and oxygen atoms in total. The molecule has 22 N–H and O–H groups in total. The third-order valence-electron chi connectivity index (χ3n) is 21.4. The summed E-state index contributed by atoms with van der Waals surface area (Å²) in [6.45, 7) is 7.34. The van der Waals surface area contributed by atoms with Crippen LogP contribution in [0, 0.1) is 5.92 Å². The number of carbonyl (C=O) groups excluding carboxylic acids is 9. The first-order chi connectivity index (χ1) is 59.4. The SMILES string of the molecule is CCNNC(=O)C1NC(=O)C2NC(=O)C(NC(=O)C3NC(=O)C(CC(N)=O)NC(=O)C(NC(=O)C(CC(C)C)NC)C(O)c4ccc(c(Cl)c4)Oc4cc3cc(c4OC3OC(CO)C(O)C(O)C3OC3CC(C)(NCCn4ccc(NC(=O)C=Cc5ccc(Cl)cc5)nc4=O)C(O)C(C)O3)Oc3ccc(cc3Cl)C2O)c2ccc(O)c(c2)-c2c(O)cc(O)cc21. The molecular formula is C83H93Cl3N14O25. The van der Waals surface area contributed by atoms with Gasteiger partial charge in [0.1, 0.15) is 101 Å². The number of hydrogen-bond acceptors (Lipinski definition) is 29. The van der Waals surface area contributed by atoms with E-state index in [1.165, 1.54) is 61.2 Å². The van der Waals surface area contributed by atoms with Crippen molar-refractivity contribution in [2.24, 2.45) is 11.7 Å². The van der Waals surface area contributed by atoms with Crippen molar-refractivity contribution < 1.29 is 118 Å². The summed E-state index contributed by atoms with van der Waals surface area (Å²) < 4.78 is 40.7. The largest absolute Gasteiger partial charge is 0.508 e. The van der Waals surface area contributed by atoms with E-state index in [-0.39, 0.29) is 71.7 Å². The average Bonchev–Trinajstić information content (AvgIpc) is 0.769. The van der Waals surface area contributed by atoms with Crippen molar-refractivity contribution in [3.8, 4) is 57.1 Å². The van der Waals surface area contributed by atoms with Gasteiger partial charge in [0, 0.05) is 66.1 Å². The van der Waals surface area contributed by atoms with Gasteiger partial charge in [-0.2, -0.15) is 4.98 Å². The summed E-state index contributed by atoms with van der Waals surface area (Å²) in [7, 11) is 1.47. The highest BCUT2D eigenvalue weighted by molar-refractivity contribution is 6.32. The van der Waals surface area contributed by atoms with Crippen molar-refractivity contribution in [1.29, 1.82) is 0 Å². The number of amides is 9. The summed E-state index contributed by atoms with van der Waals surface area (Å²) in [4.78, 5) is 150. The Morgan fingerprint density at radius 3 is 2.01 bits per heavy atom. The van der Waals surface area contributed by atoms with E-state index in [1.54, 1.807) is 38.1 Å². The van der Waals surface area contributed by atoms with Crippen molar-refractivity contribution in [1.82, 2.24) is 62.9 Å². The topological polar surface area (TPSA) is 584 Å². The van der Waals surface area contributed by atoms with Gasteiger partial charge in [-0.15, -0.1) is 0 Å². The van der Waals surface area contributed by atoms with Gasteiger partial charge < -0.3 is 128 Å². The number of halogens is 3. The highest BCUT2D eigenvalue weighted by atomic mass is 35.5. The number of likely N-dealkylation sites (N-methyl/N-ethyl adjacent to an activating group) is 1. The first-order valence-electron chi connectivity index (χ1n) is 39.5. The highest BCUT2D eigenvalue weighted by Gasteiger charge is 2.52. The minimum Gasteiger partial charge on any atom is -0.508 e. The zero-order chi connectivity index (χ0) is 90.3. The Kier molecular flexibility index (Phi) is 29.4. The quantitative estimate of drug-likeness (QED) is 0.0340. The van der Waals surface area contributed by atoms with Crippen LogP contribution in [0.5, 0.6) is 46.0 Å². The summed E-state index contributed by atoms with van der Waals surface area (Å²) in [6.07, 6.45) is -15.3. The molecule has 8 heterocycles. The first-order valence-corrected chi connectivity index (χ1v) is 40.6. The van der Waals surface area contributed by atoms with Crippen LogP contribution >= 0.6 is 34.8 Å². The minimum atomic E-state index is -2.38. The maximum atomic E-state index is 16.3. The Hall–Kier alpha value is -11.6. The van der Waals surface area contributed by atoms with Crippen molar-refractivity contribution in [3.05, 3.63) is 180 Å². The Balaban J connectivity index is 0.997. The van der Waals surface area contributed by atoms with Gasteiger partial charge in [-0.3, -0.25) is 53.1 Å². The number of phenolic OH excluding ortho intramolecular Hbond substituents is 3. The molecule has 7 aliphatic heterocycles. The molecule has 0 aliphatic carbocycles. The second-order valence-electron chi connectivity index (χ2n) is 30.9. The second-order valence-corrected chi connectivity index (χ2v) is 32.1. The van der Waals surface area contributed by atoms with Crippen LogP contribution in [0.2, 0.25) is 15.1 Å². The Morgan fingerprint density at radius 2 is 1.38 bits per heavy atom. The molecule has 18 atom stereocenters. The van der Waals surface area contributed by atoms with E-state index in [0.29, 0.717) is 10.6 Å². The van der Waals surface area contributed by atoms with Gasteiger partial charge in [-0.05, 0) is 145 Å². The molecule has 0 saturated carbocycles. The third kappa shape index (κ3) is 21.3. The zero-order valence-corrected chi connectivity index (χ0v) is 69.9. The van der Waals surface area contributed by atoms with Crippen molar-refractivity contribution in [2.45, 2.75) is 170 Å². The van der Waals surface area contributed by atoms with Crippen LogP contribution in [0.15, 0.2) is 126 Å². The smallest absolute Gasteiger partial charge is 0.349 e. The monoisotopic (exact) mass is 1790 g/mol. The molecule has 7 aliphatic rings. The van der Waals surface area contributed by atoms with Gasteiger partial charge in [0.2, 0.25) is 59.3 Å². The standard InChI is InChI=1S/C83H93Cl3N14O25/c1-7-90-99-80(118)64-45-30-43(102)31-51(104)61(45)44-25-38(11-16-50(44)103)62-76(114)98-66(79(117)96-64)68(108)40-13-18-53(47(86)27-40)122-55-29-41-28-54(121-52-17-12-39(26-46(52)85)67(107)65(97-74(112)48(88-6)24-35(2)3)78(116)91-49(32-57(87)105)75(113)94-63(41)77(115)95-62)71(55)125-81-72(70(110)69(109)56(34-101)123-81)124-60-33-83(5,73(111)36(4)120-60)89-21-23-100-22-20-58(93-82(100)119)92-59(106)19-10-37-8-14-42(84)15-9-37/h8-20,22,25-31,35-36,48-49,56,60,62-70,72-73,81,88-90,101-104,107-111H,7,21,23-24,32-34H2,1-6H3,(H2,87,105)(H,91,116)(H,94,113)(H,95,115)(H,96,117)(H,97,112)(H,98,114)(H,99,118)(H,92,93,106,119). The lowest BCUT2D eigenvalue weighted by atomic mass is 9.85. The fraction of sp³-hybridized carbons (Fsp3) is 0.386. The molecule has 2 saturated heterocycles. The van der Waals surface area contributed by atoms with Crippen molar-refractivity contribution >= 4 is 99.9 Å². The number of primary amides is 1. The van der Waals surface area contributed by atoms with E-state index in [0.717, 1.165) is 60.7 Å². The molecule has 7 aromatic rings. The van der Waals surface area contributed by atoms with Gasteiger partial charge in [0.05, 0.1) is 41.3 Å². The molecular weight excluding hydrogens is 1700 g/mol. The zero-order valence-electron chi connectivity index (χ0n) is 67.6. The lowest BCUT2D eigenvalue weighted by Gasteiger charge is -2.48. The van der Waals surface area contributed by atoms with Gasteiger partial charge >= 0.3 is 5.69 Å². The molecule has 18 unspecified atom stereocenters. The number of aromatic hydroxyl groups is 3. The number of nitrogens with two attached hydrogens (primary N) is 1. The number of carbonyl (C=O) groups is 9. The summed E-state index contributed by atoms with van der Waals surface area (Å²) in [5.41, 5.74) is 6.81. The molecule has 0 spiro atoms. The molecule has 14 rings (SSSR count). The van der Waals surface area contributed by atoms with Gasteiger partial charge in [-0.1, -0.05) is 85.9 Å². The van der Waals surface area contributed by atoms with E-state index in [4.69, 9.17) is 69.0 Å². The van der Waals surface area contributed by atoms with Crippen LogP contribution in [0.4, 0.5) is 5.82 Å². The highest BCUT2D eigenvalue weighted by Crippen LogP contribution is 2.50. The van der Waals surface area contributed by atoms with E-state index in [1.807, 2.05) is 13.8 Å². The number of anilines is 1. The number of aliphatic hydroxyl groups excluding tert-OH is 6. The normalized spacial score (nSPS) is 26.0. The van der Waals surface area contributed by atoms with Gasteiger partial charge in [0.25, 0.3) is 5.91 Å². The van der Waals surface area contributed by atoms with Crippen LogP contribution in [0.25, 0.3) is 17.2 Å². The lowest BCUT2D eigenvalue weighted by molar-refractivity contribution is -0.334. The Morgan fingerprint density at radius 1 is 0.728 bits per heavy atom. The molecule has 9 amide bonds. The van der Waals surface area contributed by atoms with Gasteiger partial charge in [0.15, 0.2) is 23.9 Å². The molecule has 666 valence electrons. The maximum absolute atomic E-state index is 16.3. The van der Waals surface area contributed by atoms with Crippen molar-refractivity contribution in [2.75, 3.05) is 32.1 Å². The molecule has 42 heteroatoms. The van der Waals surface area contributed by atoms with Crippen LogP contribution in [0.1, 0.15) is 118 Å². The third-order valence-corrected chi connectivity index (χ3v) is 22.3. The molecule has 11 bridgehead atoms. The van der Waals surface area contributed by atoms with Crippen molar-refractivity contribution in [3.63, 3.8) is 0 Å². The van der Waals surface area contributed by atoms with Gasteiger partial charge in [-0.25, -0.2) is 10.2 Å². The Bertz CT molecular complexity index is 5360. The van der Waals surface area contributed by atoms with Crippen LogP contribution in [-0.2, 0) is 63.9 Å². The fourth-order valence-corrected chi connectivity index (χ4v) is 15.5. The molecule has 2 fully saturated rings. The summed E-state index contributed by atoms with van der Waals surface area (Å²) in [5, 5.41) is 130. The van der Waals surface area contributed by atoms with E-state index >= 15 is 24.0 Å². The van der Waals surface area contributed by atoms with Crippen LogP contribution < -0.4 is 84.3 Å². The fourth-order valence-electron chi connectivity index (χ4n) is 14.9. The number of ether oxygens (including phenoxy) is 6.